The first-order valence-electron chi connectivity index (χ1n) is 2.38. The molecule has 2 nitrogen and oxygen atoms in total. The Morgan fingerprint density at radius 1 is 1.62 bits per heavy atom. The van der Waals surface area contributed by atoms with Gasteiger partial charge < -0.3 is 0 Å². The summed E-state index contributed by atoms with van der Waals surface area (Å²) >= 11 is 1.35. The van der Waals surface area contributed by atoms with Crippen molar-refractivity contribution in [2.75, 3.05) is 0 Å². The standard InChI is InChI=1S/C5H7O2.Gd/c6-4-2-1-3-5-7;/h4H,1-3H2;. The van der Waals surface area contributed by atoms with Crippen LogP contribution in [0.15, 0.2) is 0 Å². The molecule has 0 aliphatic carbocycles. The molecule has 0 radical (unpaired) electrons. The Balaban J connectivity index is 2.93. The zero-order chi connectivity index (χ0) is 6.41. The molecule has 0 unspecified atom stereocenters. The van der Waals surface area contributed by atoms with E-state index < -0.39 is 0 Å². The molecule has 0 aliphatic rings. The molecule has 0 heterocycles. The fourth-order valence-corrected chi connectivity index (χ4v) is 0.721. The van der Waals surface area contributed by atoms with Crippen LogP contribution >= 0.6 is 0 Å². The Bertz CT molecular complexity index is 90.4. The number of hydrogen-bond donors (Lipinski definition) is 0. The van der Waals surface area contributed by atoms with Gasteiger partial charge in [0.1, 0.15) is 0 Å². The van der Waals surface area contributed by atoms with Crippen LogP contribution in [-0.4, -0.2) is 7.85 Å². The first-order chi connectivity index (χ1) is 3.77. The van der Waals surface area contributed by atoms with Crippen LogP contribution in [0, 0.1) is 37.9 Å². The molecule has 0 aromatic rings. The summed E-state index contributed by atoms with van der Waals surface area (Å²) in [7, 11) is 0. The van der Waals surface area contributed by atoms with Gasteiger partial charge in [-0.3, -0.25) is 0 Å². The van der Waals surface area contributed by atoms with E-state index in [-0.39, 0.29) is 1.56 Å². The third-order valence-corrected chi connectivity index (χ3v) is 1.26. The normalized spacial score (nSPS) is 8.62. The van der Waals surface area contributed by atoms with Crippen molar-refractivity contribution < 1.29 is 47.5 Å². The molecule has 0 fully saturated rings. The molecule has 0 saturated carbocycles. The minimum atomic E-state index is 0.187. The molecule has 8 heavy (non-hydrogen) atoms. The Kier molecular flexibility index (Phi) is 6.28. The van der Waals surface area contributed by atoms with E-state index in [4.69, 9.17) is 0 Å². The number of rotatable bonds is 4. The predicted octanol–water partition coefficient (Wildman–Crippen LogP) is 0.431. The first-order valence-corrected chi connectivity index (χ1v) is 3.51. The van der Waals surface area contributed by atoms with Gasteiger partial charge >= 0.3 is 74.6 Å². The van der Waals surface area contributed by atoms with E-state index in [1.54, 1.807) is 0 Å². The molecular formula is C5H7GdO2. The minimum absolute atomic E-state index is 0.187. The third kappa shape index (κ3) is 6.66. The van der Waals surface area contributed by atoms with Crippen LogP contribution in [0.1, 0.15) is 19.3 Å². The molecule has 0 aliphatic heterocycles. The van der Waals surface area contributed by atoms with Gasteiger partial charge in [0.25, 0.3) is 0 Å². The second-order valence-electron chi connectivity index (χ2n) is 1.40. The van der Waals surface area contributed by atoms with Crippen LogP contribution in [0.2, 0.25) is 0 Å². The van der Waals surface area contributed by atoms with Gasteiger partial charge in [-0.2, -0.15) is 0 Å². The van der Waals surface area contributed by atoms with Crippen molar-refractivity contribution in [3.63, 3.8) is 0 Å². The average molecular weight is 256 g/mol. The number of carbonyl (C=O) groups is 2. The zero-order valence-electron chi connectivity index (χ0n) is 4.37. The molecular weight excluding hydrogens is 249 g/mol. The molecule has 0 amide bonds. The van der Waals surface area contributed by atoms with E-state index in [2.05, 4.69) is 0 Å². The van der Waals surface area contributed by atoms with Gasteiger partial charge in [0.2, 0.25) is 0 Å². The number of aldehydes is 1. The van der Waals surface area contributed by atoms with Crippen LogP contribution in [0.4, 0.5) is 0 Å². The van der Waals surface area contributed by atoms with E-state index >= 15 is 0 Å². The monoisotopic (exact) mass is 257 g/mol. The van der Waals surface area contributed by atoms with Crippen molar-refractivity contribution in [3.8, 4) is 0 Å². The summed E-state index contributed by atoms with van der Waals surface area (Å²) in [5.74, 6) is 0. The van der Waals surface area contributed by atoms with E-state index in [1.165, 1.54) is 37.9 Å². The molecule has 0 aromatic heterocycles. The summed E-state index contributed by atoms with van der Waals surface area (Å²) in [5.41, 5.74) is 0. The predicted molar refractivity (Wildman–Crippen MR) is 24.9 cm³/mol. The summed E-state index contributed by atoms with van der Waals surface area (Å²) in [6.45, 7) is 0. The molecule has 0 spiro atoms. The maximum absolute atomic E-state index is 10.2. The second kappa shape index (κ2) is 5.80. The van der Waals surface area contributed by atoms with Gasteiger partial charge in [0, 0.05) is 0 Å². The Morgan fingerprint density at radius 3 is 2.62 bits per heavy atom. The van der Waals surface area contributed by atoms with Gasteiger partial charge in [0.05, 0.1) is 0 Å². The average Bonchev–Trinajstić information content (AvgIpc) is 1.66. The van der Waals surface area contributed by atoms with Crippen molar-refractivity contribution in [1.29, 1.82) is 0 Å². The number of carbonyl (C=O) groups excluding carboxylic acids is 2. The van der Waals surface area contributed by atoms with E-state index in [0.717, 1.165) is 6.29 Å². The van der Waals surface area contributed by atoms with Crippen molar-refractivity contribution in [2.45, 2.75) is 19.3 Å². The fraction of sp³-hybridized carbons (Fsp3) is 0.600. The number of hydrogen-bond acceptors (Lipinski definition) is 2. The van der Waals surface area contributed by atoms with E-state index in [1.807, 2.05) is 0 Å². The molecule has 0 atom stereocenters. The van der Waals surface area contributed by atoms with Crippen LogP contribution < -0.4 is 0 Å². The molecule has 0 rings (SSSR count). The number of unbranched alkanes of at least 4 members (excludes halogenated alkanes) is 1. The molecule has 47 valence electrons. The molecule has 0 aromatic carbocycles. The quantitative estimate of drug-likeness (QED) is 0.540. The van der Waals surface area contributed by atoms with Gasteiger partial charge in [-0.25, -0.2) is 0 Å². The summed E-state index contributed by atoms with van der Waals surface area (Å²) in [4.78, 5) is 19.9. The van der Waals surface area contributed by atoms with Crippen molar-refractivity contribution in [1.82, 2.24) is 0 Å². The Labute approximate surface area is 74.0 Å². The SMILES string of the molecule is O=CCCC[C](=O)[Gd]. The van der Waals surface area contributed by atoms with E-state index in [9.17, 15) is 9.59 Å². The fourth-order valence-electron chi connectivity index (χ4n) is 0.320. The van der Waals surface area contributed by atoms with Gasteiger partial charge in [-0.15, -0.1) is 0 Å². The summed E-state index contributed by atoms with van der Waals surface area (Å²) in [6.07, 6.45) is 2.62. The molecule has 0 saturated heterocycles. The van der Waals surface area contributed by atoms with Crippen molar-refractivity contribution in [3.05, 3.63) is 0 Å². The van der Waals surface area contributed by atoms with Crippen LogP contribution in [0.3, 0.4) is 0 Å². The Morgan fingerprint density at radius 2 is 2.25 bits per heavy atom. The molecule has 3 heteroatoms. The van der Waals surface area contributed by atoms with Gasteiger partial charge in [0.15, 0.2) is 0 Å². The second-order valence-corrected chi connectivity index (χ2v) is 2.67. The van der Waals surface area contributed by atoms with Crippen molar-refractivity contribution >= 4 is 7.85 Å². The Hall–Kier alpha value is 0.665. The zero-order valence-corrected chi connectivity index (χ0v) is 6.64. The van der Waals surface area contributed by atoms with Gasteiger partial charge in [-0.1, -0.05) is 0 Å². The molecule has 0 N–H and O–H groups in total. The third-order valence-electron chi connectivity index (χ3n) is 0.689. The summed E-state index contributed by atoms with van der Waals surface area (Å²) in [5, 5.41) is 0. The summed E-state index contributed by atoms with van der Waals surface area (Å²) < 4.78 is 0.187. The first kappa shape index (κ1) is 8.66. The maximum atomic E-state index is 10.2. The molecule has 0 bridgehead atoms. The van der Waals surface area contributed by atoms with Gasteiger partial charge in [-0.05, 0) is 0 Å². The van der Waals surface area contributed by atoms with Crippen LogP contribution in [0.25, 0.3) is 0 Å². The topological polar surface area (TPSA) is 34.1 Å². The summed E-state index contributed by atoms with van der Waals surface area (Å²) in [6, 6.07) is 0. The van der Waals surface area contributed by atoms with Crippen LogP contribution in [0.5, 0.6) is 0 Å². The van der Waals surface area contributed by atoms with E-state index in [0.29, 0.717) is 19.3 Å². The van der Waals surface area contributed by atoms with Crippen molar-refractivity contribution in [2.24, 2.45) is 0 Å². The van der Waals surface area contributed by atoms with Crippen LogP contribution in [-0.2, 0) is 9.59 Å².